The van der Waals surface area contributed by atoms with E-state index in [4.69, 9.17) is 5.26 Å². The summed E-state index contributed by atoms with van der Waals surface area (Å²) < 4.78 is 0. The molecule has 3 rings (SSSR count). The number of fused-ring (bicyclic) bond motifs is 1. The summed E-state index contributed by atoms with van der Waals surface area (Å²) in [5.74, 6) is -0.294. The second kappa shape index (κ2) is 4.82. The maximum atomic E-state index is 12.2. The van der Waals surface area contributed by atoms with E-state index in [1.165, 1.54) is 6.07 Å². The number of rotatable bonds is 2. The number of nitrogens with zero attached hydrogens (tertiary/aromatic N) is 3. The van der Waals surface area contributed by atoms with Gasteiger partial charge in [-0.25, -0.2) is 0 Å². The molecule has 0 aliphatic carbocycles. The minimum absolute atomic E-state index is 0.294. The van der Waals surface area contributed by atoms with Crippen molar-refractivity contribution in [1.82, 2.24) is 15.4 Å². The highest BCUT2D eigenvalue weighted by Crippen LogP contribution is 2.19. The molecule has 0 radical (unpaired) electrons. The van der Waals surface area contributed by atoms with E-state index in [1.807, 2.05) is 6.07 Å². The fourth-order valence-corrected chi connectivity index (χ4v) is 1.89. The molecule has 0 spiro atoms. The summed E-state index contributed by atoms with van der Waals surface area (Å²) >= 11 is 0. The quantitative estimate of drug-likeness (QED) is 0.740. The summed E-state index contributed by atoms with van der Waals surface area (Å²) in [5, 5.41) is 22.1. The minimum Gasteiger partial charge on any atom is -0.320 e. The summed E-state index contributed by atoms with van der Waals surface area (Å²) in [6.45, 7) is 0. The number of H-pyrrole nitrogens is 1. The lowest BCUT2D eigenvalue weighted by atomic mass is 10.1. The average Bonchev–Trinajstić information content (AvgIpc) is 2.97. The van der Waals surface area contributed by atoms with Crippen LogP contribution in [0.3, 0.4) is 0 Å². The Bertz CT molecular complexity index is 831. The van der Waals surface area contributed by atoms with Crippen LogP contribution in [0.1, 0.15) is 15.9 Å². The van der Waals surface area contributed by atoms with Crippen LogP contribution in [0, 0.1) is 11.3 Å². The van der Waals surface area contributed by atoms with Crippen LogP contribution in [0.2, 0.25) is 0 Å². The van der Waals surface area contributed by atoms with Crippen LogP contribution >= 0.6 is 0 Å². The SMILES string of the molecule is N#Cc1cccc(C(=O)Nc2cccc3n[nH]nc23)c1. The maximum absolute atomic E-state index is 12.2. The number of nitrogens with one attached hydrogen (secondary N) is 2. The number of benzene rings is 2. The molecule has 0 aliphatic heterocycles. The summed E-state index contributed by atoms with van der Waals surface area (Å²) in [5.41, 5.74) is 2.70. The van der Waals surface area contributed by atoms with E-state index in [2.05, 4.69) is 20.7 Å². The topological polar surface area (TPSA) is 94.5 Å². The Morgan fingerprint density at radius 2 is 2.05 bits per heavy atom. The summed E-state index contributed by atoms with van der Waals surface area (Å²) in [6, 6.07) is 13.8. The lowest BCUT2D eigenvalue weighted by Gasteiger charge is -2.05. The summed E-state index contributed by atoms with van der Waals surface area (Å²) in [4.78, 5) is 12.2. The maximum Gasteiger partial charge on any atom is 0.255 e. The molecule has 96 valence electrons. The number of amides is 1. The van der Waals surface area contributed by atoms with E-state index in [9.17, 15) is 4.79 Å². The standard InChI is InChI=1S/C14H9N5O/c15-8-9-3-1-4-10(7-9)14(20)16-11-5-2-6-12-13(11)18-19-17-12/h1-7H,(H,16,20)(H,17,18,19). The Kier molecular flexibility index (Phi) is 2.86. The number of anilines is 1. The number of hydrogen-bond acceptors (Lipinski definition) is 4. The molecule has 1 amide bonds. The zero-order valence-electron chi connectivity index (χ0n) is 10.3. The lowest BCUT2D eigenvalue weighted by Crippen LogP contribution is -2.12. The van der Waals surface area contributed by atoms with Crippen LogP contribution in [-0.2, 0) is 0 Å². The van der Waals surface area contributed by atoms with Crippen molar-refractivity contribution in [3.05, 3.63) is 53.6 Å². The van der Waals surface area contributed by atoms with Gasteiger partial charge in [-0.15, -0.1) is 0 Å². The number of aromatic nitrogens is 3. The van der Waals surface area contributed by atoms with Crippen LogP contribution in [0.4, 0.5) is 5.69 Å². The molecule has 2 N–H and O–H groups in total. The van der Waals surface area contributed by atoms with Crippen LogP contribution in [0.5, 0.6) is 0 Å². The molecule has 0 atom stereocenters. The third-order valence-corrected chi connectivity index (χ3v) is 2.85. The third kappa shape index (κ3) is 2.08. The Morgan fingerprint density at radius 3 is 2.90 bits per heavy atom. The van der Waals surface area contributed by atoms with Crippen molar-refractivity contribution in [1.29, 1.82) is 5.26 Å². The highest BCUT2D eigenvalue weighted by molar-refractivity contribution is 6.08. The van der Waals surface area contributed by atoms with E-state index in [0.717, 1.165) is 0 Å². The van der Waals surface area contributed by atoms with Crippen molar-refractivity contribution in [3.8, 4) is 6.07 Å². The van der Waals surface area contributed by atoms with Gasteiger partial charge in [-0.1, -0.05) is 12.1 Å². The lowest BCUT2D eigenvalue weighted by molar-refractivity contribution is 0.102. The molecular formula is C14H9N5O. The molecule has 0 saturated heterocycles. The Hall–Kier alpha value is -3.20. The van der Waals surface area contributed by atoms with Gasteiger partial charge in [0.2, 0.25) is 0 Å². The zero-order chi connectivity index (χ0) is 13.9. The van der Waals surface area contributed by atoms with E-state index >= 15 is 0 Å². The fourth-order valence-electron chi connectivity index (χ4n) is 1.89. The third-order valence-electron chi connectivity index (χ3n) is 2.85. The fraction of sp³-hybridized carbons (Fsp3) is 0. The molecule has 3 aromatic rings. The molecule has 0 unspecified atom stereocenters. The molecule has 6 heteroatoms. The van der Waals surface area contributed by atoms with E-state index in [-0.39, 0.29) is 5.91 Å². The monoisotopic (exact) mass is 263 g/mol. The van der Waals surface area contributed by atoms with Gasteiger partial charge in [0.05, 0.1) is 17.3 Å². The number of nitriles is 1. The zero-order valence-corrected chi connectivity index (χ0v) is 10.3. The van der Waals surface area contributed by atoms with Gasteiger partial charge in [-0.2, -0.15) is 20.7 Å². The molecule has 0 fully saturated rings. The Morgan fingerprint density at radius 1 is 1.20 bits per heavy atom. The van der Waals surface area contributed by atoms with Crippen LogP contribution in [-0.4, -0.2) is 21.3 Å². The van der Waals surface area contributed by atoms with Gasteiger partial charge in [-0.3, -0.25) is 4.79 Å². The summed E-state index contributed by atoms with van der Waals surface area (Å²) in [7, 11) is 0. The molecular weight excluding hydrogens is 254 g/mol. The Balaban J connectivity index is 1.93. The normalized spacial score (nSPS) is 10.2. The van der Waals surface area contributed by atoms with Gasteiger partial charge in [0.15, 0.2) is 0 Å². The number of carbonyl (C=O) groups excluding carboxylic acids is 1. The molecule has 1 aromatic heterocycles. The molecule has 6 nitrogen and oxygen atoms in total. The van der Waals surface area contributed by atoms with Crippen molar-refractivity contribution < 1.29 is 4.79 Å². The van der Waals surface area contributed by atoms with Gasteiger partial charge in [-0.05, 0) is 30.3 Å². The summed E-state index contributed by atoms with van der Waals surface area (Å²) in [6.07, 6.45) is 0. The van der Waals surface area contributed by atoms with Gasteiger partial charge in [0.1, 0.15) is 11.0 Å². The van der Waals surface area contributed by atoms with Crippen molar-refractivity contribution >= 4 is 22.6 Å². The van der Waals surface area contributed by atoms with E-state index in [1.54, 1.807) is 36.4 Å². The first-order valence-electron chi connectivity index (χ1n) is 5.89. The van der Waals surface area contributed by atoms with Crippen LogP contribution in [0.15, 0.2) is 42.5 Å². The second-order valence-electron chi connectivity index (χ2n) is 4.14. The van der Waals surface area contributed by atoms with Crippen molar-refractivity contribution in [2.24, 2.45) is 0 Å². The average molecular weight is 263 g/mol. The molecule has 0 aliphatic rings. The predicted octanol–water partition coefficient (Wildman–Crippen LogP) is 2.08. The first-order valence-corrected chi connectivity index (χ1v) is 5.89. The van der Waals surface area contributed by atoms with Gasteiger partial charge < -0.3 is 5.32 Å². The molecule has 1 heterocycles. The van der Waals surface area contributed by atoms with Gasteiger partial charge >= 0.3 is 0 Å². The Labute approximate surface area is 114 Å². The highest BCUT2D eigenvalue weighted by Gasteiger charge is 2.10. The number of para-hydroxylation sites is 1. The smallest absolute Gasteiger partial charge is 0.255 e. The first-order chi connectivity index (χ1) is 9.78. The number of carbonyl (C=O) groups is 1. The van der Waals surface area contributed by atoms with Crippen molar-refractivity contribution in [2.75, 3.05) is 5.32 Å². The van der Waals surface area contributed by atoms with Crippen LogP contribution < -0.4 is 5.32 Å². The van der Waals surface area contributed by atoms with E-state index < -0.39 is 0 Å². The number of aromatic amines is 1. The van der Waals surface area contributed by atoms with Gasteiger partial charge in [0.25, 0.3) is 5.91 Å². The second-order valence-corrected chi connectivity index (χ2v) is 4.14. The largest absolute Gasteiger partial charge is 0.320 e. The first kappa shape index (κ1) is 11.9. The predicted molar refractivity (Wildman–Crippen MR) is 73.0 cm³/mol. The van der Waals surface area contributed by atoms with Crippen LogP contribution in [0.25, 0.3) is 11.0 Å². The number of hydrogen-bond donors (Lipinski definition) is 2. The van der Waals surface area contributed by atoms with Gasteiger partial charge in [0, 0.05) is 5.56 Å². The molecule has 0 bridgehead atoms. The molecule has 20 heavy (non-hydrogen) atoms. The van der Waals surface area contributed by atoms with Crippen molar-refractivity contribution in [3.63, 3.8) is 0 Å². The highest BCUT2D eigenvalue weighted by atomic mass is 16.1. The van der Waals surface area contributed by atoms with E-state index in [0.29, 0.717) is 27.8 Å². The van der Waals surface area contributed by atoms with Crippen molar-refractivity contribution in [2.45, 2.75) is 0 Å². The molecule has 2 aromatic carbocycles. The molecule has 0 saturated carbocycles. The minimum atomic E-state index is -0.294.